The van der Waals surface area contributed by atoms with Crippen LogP contribution in [0.1, 0.15) is 13.8 Å². The van der Waals surface area contributed by atoms with E-state index in [4.69, 9.17) is 5.73 Å². The van der Waals surface area contributed by atoms with Crippen molar-refractivity contribution in [3.8, 4) is 0 Å². The van der Waals surface area contributed by atoms with E-state index in [0.29, 0.717) is 4.32 Å². The van der Waals surface area contributed by atoms with Crippen LogP contribution in [0.5, 0.6) is 0 Å². The molecule has 0 aromatic heterocycles. The third-order valence-corrected chi connectivity index (χ3v) is 2.88. The van der Waals surface area contributed by atoms with Crippen LogP contribution in [0.15, 0.2) is 0 Å². The van der Waals surface area contributed by atoms with Gasteiger partial charge < -0.3 is 5.48 Å². The third kappa shape index (κ3) is 6.74. The van der Waals surface area contributed by atoms with Crippen molar-refractivity contribution in [2.75, 3.05) is 0 Å². The normalized spacial score (nSPS) is 6.40. The summed E-state index contributed by atoms with van der Waals surface area (Å²) in [6.45, 7) is 3.96. The van der Waals surface area contributed by atoms with E-state index in [1.807, 2.05) is 24.6 Å². The van der Waals surface area contributed by atoms with Gasteiger partial charge in [-0.15, -0.1) is 12.6 Å². The summed E-state index contributed by atoms with van der Waals surface area (Å²) >= 11 is 4.00. The molecule has 0 rings (SSSR count). The molecule has 2 nitrogen and oxygen atoms in total. The van der Waals surface area contributed by atoms with Crippen molar-refractivity contribution in [3.05, 3.63) is 0 Å². The van der Waals surface area contributed by atoms with Crippen LogP contribution in [0.2, 0.25) is 0 Å². The number of thiol groups is 1. The van der Waals surface area contributed by atoms with Crippen LogP contribution in [0, 0.1) is 0 Å². The molecule has 0 heterocycles. The van der Waals surface area contributed by atoms with Crippen molar-refractivity contribution < 1.29 is 22.5 Å². The fraction of sp³-hybridized carbons (Fsp3) is 0.400. The Labute approximate surface area is 79.5 Å². The molecule has 0 amide bonds. The van der Waals surface area contributed by atoms with Crippen molar-refractivity contribution in [1.82, 2.24) is 0 Å². The Morgan fingerprint density at radius 3 is 1.70 bits per heavy atom. The van der Waals surface area contributed by atoms with Crippen LogP contribution in [-0.4, -0.2) is 20.5 Å². The molecule has 0 aromatic rings. The van der Waals surface area contributed by atoms with E-state index >= 15 is 0 Å². The summed E-state index contributed by atoms with van der Waals surface area (Å²) in [5, 5.41) is 4.06. The van der Waals surface area contributed by atoms with Gasteiger partial charge in [0.25, 0.3) is 0 Å². The van der Waals surface area contributed by atoms with Gasteiger partial charge in [-0.05, 0) is 24.6 Å². The molecule has 0 aromatic carbocycles. The largest absolute Gasteiger partial charge is 0.412 e. The Balaban J connectivity index is -0.000000245. The first kappa shape index (κ1) is 16.9. The quantitative estimate of drug-likeness (QED) is 0.345. The maximum absolute atomic E-state index is 5.39. The van der Waals surface area contributed by atoms with E-state index < -0.39 is 0 Å². The summed E-state index contributed by atoms with van der Waals surface area (Å²) in [4.78, 5) is 0. The van der Waals surface area contributed by atoms with Crippen LogP contribution < -0.4 is 5.73 Å². The standard InChI is InChI=1S/C5H11NS2.Cu.H2O/c1-3-8(4-2)5(6)7;;/h3-4,7H,6H2,1-2H3;;1H2. The fourth-order valence-corrected chi connectivity index (χ4v) is 1.77. The molecule has 4 N–H and O–H groups in total. The average molecular weight is 231 g/mol. The zero-order valence-corrected chi connectivity index (χ0v) is 8.54. The molecular formula is C5H13CuNOS2. The van der Waals surface area contributed by atoms with Crippen LogP contribution in [0.3, 0.4) is 0 Å². The van der Waals surface area contributed by atoms with Crippen molar-refractivity contribution in [3.63, 3.8) is 0 Å². The zero-order valence-electron chi connectivity index (χ0n) is 5.89. The third-order valence-electron chi connectivity index (χ3n) is 0.749. The van der Waals surface area contributed by atoms with Crippen molar-refractivity contribution in [1.29, 1.82) is 0 Å². The predicted octanol–water partition coefficient (Wildman–Crippen LogP) is 0.0482. The molecule has 0 spiro atoms. The molecule has 0 bridgehead atoms. The maximum Gasteiger partial charge on any atom is 0.0877 e. The summed E-state index contributed by atoms with van der Waals surface area (Å²) in [7, 11) is 0.0185. The number of hydrogen-bond acceptors (Lipinski definition) is 0. The zero-order chi connectivity index (χ0) is 6.57. The average Bonchev–Trinajstić information content (AvgIpc) is 1.69. The van der Waals surface area contributed by atoms with Gasteiger partial charge >= 0.3 is 0 Å². The number of rotatable bonds is 0. The monoisotopic (exact) mass is 230 g/mol. The minimum absolute atomic E-state index is 0. The van der Waals surface area contributed by atoms with E-state index in [1.54, 1.807) is 0 Å². The molecular weight excluding hydrogens is 218 g/mol. The Morgan fingerprint density at radius 2 is 1.70 bits per heavy atom. The van der Waals surface area contributed by atoms with Gasteiger partial charge in [0.2, 0.25) is 0 Å². The summed E-state index contributed by atoms with van der Waals surface area (Å²) in [6.07, 6.45) is 0. The summed E-state index contributed by atoms with van der Waals surface area (Å²) in [6, 6.07) is 0. The van der Waals surface area contributed by atoms with Crippen LogP contribution >= 0.6 is 22.3 Å². The summed E-state index contributed by atoms with van der Waals surface area (Å²) < 4.78 is 0.690. The minimum Gasteiger partial charge on any atom is -0.412 e. The molecule has 1 radical (unpaired) electrons. The smallest absolute Gasteiger partial charge is 0.0877 e. The van der Waals surface area contributed by atoms with Crippen LogP contribution in [-0.2, 0) is 17.1 Å². The van der Waals surface area contributed by atoms with Gasteiger partial charge in [0.05, 0.1) is 4.32 Å². The molecule has 0 aliphatic carbocycles. The molecule has 0 saturated carbocycles. The van der Waals surface area contributed by atoms with Gasteiger partial charge in [-0.25, -0.2) is 0 Å². The van der Waals surface area contributed by atoms with Gasteiger partial charge in [-0.1, -0.05) is 0 Å². The second kappa shape index (κ2) is 9.62. The Kier molecular flexibility index (Phi) is 16.3. The molecule has 0 aliphatic rings. The van der Waals surface area contributed by atoms with Gasteiger partial charge in [0, 0.05) is 17.1 Å². The topological polar surface area (TPSA) is 57.5 Å². The first-order chi connectivity index (χ1) is 3.72. The minimum atomic E-state index is 0. The van der Waals surface area contributed by atoms with Crippen molar-refractivity contribution >= 4 is 37.3 Å². The molecule has 0 atom stereocenters. The second-order valence-electron chi connectivity index (χ2n) is 1.18. The predicted molar refractivity (Wildman–Crippen MR) is 52.9 cm³/mol. The van der Waals surface area contributed by atoms with Crippen LogP contribution in [0.4, 0.5) is 0 Å². The van der Waals surface area contributed by atoms with E-state index in [9.17, 15) is 0 Å². The first-order valence-electron chi connectivity index (χ1n) is 2.34. The number of hydrogen-bond donors (Lipinski definition) is 2. The van der Waals surface area contributed by atoms with Gasteiger partial charge in [-0.2, -0.15) is 9.66 Å². The Morgan fingerprint density at radius 1 is 1.40 bits per heavy atom. The maximum atomic E-state index is 5.39. The summed E-state index contributed by atoms with van der Waals surface area (Å²) in [5.41, 5.74) is 5.39. The van der Waals surface area contributed by atoms with E-state index in [0.717, 1.165) is 0 Å². The van der Waals surface area contributed by atoms with E-state index in [1.165, 1.54) is 0 Å². The molecule has 0 unspecified atom stereocenters. The second-order valence-corrected chi connectivity index (χ2v) is 4.09. The molecule has 5 heteroatoms. The number of nitrogens with two attached hydrogens (primary N) is 1. The SMILES string of the molecule is CC=S(=CC)=C(N)S.O.[Cu]. The summed E-state index contributed by atoms with van der Waals surface area (Å²) in [5.74, 6) is 0. The Hall–Kier alpha value is 0.619. The van der Waals surface area contributed by atoms with E-state index in [2.05, 4.69) is 12.6 Å². The van der Waals surface area contributed by atoms with Crippen molar-refractivity contribution in [2.45, 2.75) is 13.8 Å². The fourth-order valence-electron chi connectivity index (χ4n) is 0.378. The van der Waals surface area contributed by atoms with Crippen LogP contribution in [0.25, 0.3) is 0 Å². The molecule has 0 aliphatic heterocycles. The molecule has 0 fully saturated rings. The molecule has 67 valence electrons. The van der Waals surface area contributed by atoms with Gasteiger partial charge in [0.1, 0.15) is 0 Å². The molecule has 10 heavy (non-hydrogen) atoms. The molecule has 0 saturated heterocycles. The van der Waals surface area contributed by atoms with Crippen molar-refractivity contribution in [2.24, 2.45) is 5.73 Å². The van der Waals surface area contributed by atoms with Gasteiger partial charge in [-0.3, -0.25) is 5.73 Å². The van der Waals surface area contributed by atoms with E-state index in [-0.39, 0.29) is 32.2 Å². The first-order valence-corrected chi connectivity index (χ1v) is 4.14. The Bertz CT molecular complexity index is 190. The van der Waals surface area contributed by atoms with Gasteiger partial charge in [0.15, 0.2) is 0 Å².